The van der Waals surface area contributed by atoms with E-state index in [1.807, 2.05) is 6.07 Å². The van der Waals surface area contributed by atoms with Crippen molar-refractivity contribution in [3.05, 3.63) is 0 Å². The van der Waals surface area contributed by atoms with Crippen molar-refractivity contribution in [1.29, 1.82) is 5.26 Å². The van der Waals surface area contributed by atoms with Gasteiger partial charge in [-0.25, -0.2) is 0 Å². The molecule has 1 rings (SSSR count). The molecule has 1 saturated heterocycles. The lowest BCUT2D eigenvalue weighted by Crippen LogP contribution is -2.48. The highest BCUT2D eigenvalue weighted by Gasteiger charge is 2.31. The maximum atomic E-state index is 11.3. The van der Waals surface area contributed by atoms with Crippen LogP contribution in [0.5, 0.6) is 0 Å². The number of amides is 2. The van der Waals surface area contributed by atoms with Gasteiger partial charge in [0.15, 0.2) is 0 Å². The lowest BCUT2D eigenvalue weighted by molar-refractivity contribution is -0.143. The number of nitrogens with zero attached hydrogens (tertiary/aromatic N) is 2. The van der Waals surface area contributed by atoms with Crippen LogP contribution < -0.4 is 0 Å². The van der Waals surface area contributed by atoms with Crippen molar-refractivity contribution in [1.82, 2.24) is 4.90 Å². The zero-order valence-corrected chi connectivity index (χ0v) is 8.13. The fraction of sp³-hybridized carbons (Fsp3) is 0.625. The van der Waals surface area contributed by atoms with E-state index in [9.17, 15) is 9.59 Å². The molecular weight excluding hydrogens is 188 g/mol. The average molecular weight is 198 g/mol. The molecule has 0 aromatic rings. The number of carbonyl (C=O) groups excluding carboxylic acids is 2. The number of rotatable bonds is 2. The molecule has 13 heavy (non-hydrogen) atoms. The van der Waals surface area contributed by atoms with Crippen LogP contribution in [0.4, 0.5) is 0 Å². The van der Waals surface area contributed by atoms with Gasteiger partial charge in [-0.3, -0.25) is 14.5 Å². The summed E-state index contributed by atoms with van der Waals surface area (Å²) in [6.07, 6.45) is 0.499. The third-order valence-corrected chi connectivity index (χ3v) is 2.74. The largest absolute Gasteiger partial charge is 0.273 e. The quantitative estimate of drug-likeness (QED) is 0.602. The molecule has 0 N–H and O–H groups in total. The summed E-state index contributed by atoms with van der Waals surface area (Å²) in [5.74, 6) is 0.137. The zero-order valence-electron chi connectivity index (χ0n) is 7.32. The molecule has 0 aromatic carbocycles. The van der Waals surface area contributed by atoms with Crippen molar-refractivity contribution in [2.75, 3.05) is 11.5 Å². The van der Waals surface area contributed by atoms with Gasteiger partial charge >= 0.3 is 0 Å². The van der Waals surface area contributed by atoms with Gasteiger partial charge in [-0.05, 0) is 6.42 Å². The van der Waals surface area contributed by atoms with E-state index < -0.39 is 6.04 Å². The van der Waals surface area contributed by atoms with Crippen LogP contribution in [0, 0.1) is 11.3 Å². The molecule has 0 radical (unpaired) electrons. The van der Waals surface area contributed by atoms with Crippen molar-refractivity contribution in [2.45, 2.75) is 19.4 Å². The lowest BCUT2D eigenvalue weighted by atomic mass is 10.2. The molecular formula is C8H10N2O2S. The Bertz CT molecular complexity index is 256. The predicted molar refractivity (Wildman–Crippen MR) is 48.9 cm³/mol. The van der Waals surface area contributed by atoms with E-state index in [4.69, 9.17) is 5.26 Å². The Labute approximate surface area is 80.9 Å². The zero-order chi connectivity index (χ0) is 9.84. The Morgan fingerprint density at radius 3 is 2.46 bits per heavy atom. The highest BCUT2D eigenvalue weighted by atomic mass is 32.2. The number of imide groups is 1. The van der Waals surface area contributed by atoms with Gasteiger partial charge in [0.2, 0.25) is 11.8 Å². The van der Waals surface area contributed by atoms with Crippen molar-refractivity contribution in [2.24, 2.45) is 0 Å². The maximum Gasteiger partial charge on any atom is 0.240 e. The molecule has 0 aromatic heterocycles. The van der Waals surface area contributed by atoms with Gasteiger partial charge in [-0.2, -0.15) is 5.26 Å². The van der Waals surface area contributed by atoms with Crippen LogP contribution in [-0.4, -0.2) is 34.3 Å². The molecule has 4 nitrogen and oxygen atoms in total. The van der Waals surface area contributed by atoms with Gasteiger partial charge in [-0.15, -0.1) is 11.8 Å². The second-order valence-corrected chi connectivity index (χ2v) is 3.69. The van der Waals surface area contributed by atoms with Gasteiger partial charge in [0.25, 0.3) is 0 Å². The van der Waals surface area contributed by atoms with E-state index in [2.05, 4.69) is 0 Å². The summed E-state index contributed by atoms with van der Waals surface area (Å²) in [5, 5.41) is 8.71. The van der Waals surface area contributed by atoms with Crippen LogP contribution in [-0.2, 0) is 9.59 Å². The third kappa shape index (κ3) is 2.01. The Morgan fingerprint density at radius 2 is 2.08 bits per heavy atom. The van der Waals surface area contributed by atoms with E-state index in [0.29, 0.717) is 17.9 Å². The Kier molecular flexibility index (Phi) is 3.32. The molecule has 0 bridgehead atoms. The van der Waals surface area contributed by atoms with E-state index in [0.717, 1.165) is 4.90 Å². The molecule has 0 saturated carbocycles. The fourth-order valence-corrected chi connectivity index (χ4v) is 1.91. The Balaban J connectivity index is 2.80. The number of hydrogen-bond acceptors (Lipinski definition) is 4. The predicted octanol–water partition coefficient (Wildman–Crippen LogP) is 0.391. The third-order valence-electron chi connectivity index (χ3n) is 1.84. The number of thioether (sulfide) groups is 1. The van der Waals surface area contributed by atoms with Crippen LogP contribution in [0.15, 0.2) is 0 Å². The average Bonchev–Trinajstić information content (AvgIpc) is 2.11. The second kappa shape index (κ2) is 4.28. The van der Waals surface area contributed by atoms with E-state index in [1.165, 1.54) is 11.8 Å². The van der Waals surface area contributed by atoms with Crippen LogP contribution >= 0.6 is 11.8 Å². The van der Waals surface area contributed by atoms with Gasteiger partial charge in [0.1, 0.15) is 6.04 Å². The fourth-order valence-electron chi connectivity index (χ4n) is 1.18. The molecule has 1 aliphatic heterocycles. The monoisotopic (exact) mass is 198 g/mol. The lowest BCUT2D eigenvalue weighted by Gasteiger charge is -2.27. The topological polar surface area (TPSA) is 61.2 Å². The van der Waals surface area contributed by atoms with Crippen molar-refractivity contribution >= 4 is 23.6 Å². The number of nitriles is 1. The first kappa shape index (κ1) is 10.1. The summed E-state index contributed by atoms with van der Waals surface area (Å²) in [6, 6.07) is 1.37. The maximum absolute atomic E-state index is 11.3. The number of hydrogen-bond donors (Lipinski definition) is 0. The standard InChI is InChI=1S/C8H10N2O2S/c1-2-6(3-9)10-7(11)4-13-5-8(10)12/h6H,2,4-5H2,1H3. The minimum atomic E-state index is -0.583. The molecule has 1 unspecified atom stereocenters. The summed E-state index contributed by atoms with van der Waals surface area (Å²) in [5.41, 5.74) is 0. The van der Waals surface area contributed by atoms with Gasteiger partial charge in [0.05, 0.1) is 17.6 Å². The highest BCUT2D eigenvalue weighted by molar-refractivity contribution is 8.00. The molecule has 5 heteroatoms. The van der Waals surface area contributed by atoms with Crippen LogP contribution in [0.25, 0.3) is 0 Å². The molecule has 0 aliphatic carbocycles. The minimum Gasteiger partial charge on any atom is -0.273 e. The summed E-state index contributed by atoms with van der Waals surface area (Å²) >= 11 is 1.30. The van der Waals surface area contributed by atoms with Gasteiger partial charge in [0, 0.05) is 0 Å². The molecule has 1 heterocycles. The SMILES string of the molecule is CCC(C#N)N1C(=O)CSCC1=O. The Morgan fingerprint density at radius 1 is 1.54 bits per heavy atom. The normalized spacial score (nSPS) is 19.8. The van der Waals surface area contributed by atoms with Crippen molar-refractivity contribution in [3.8, 4) is 6.07 Å². The number of carbonyl (C=O) groups is 2. The van der Waals surface area contributed by atoms with Crippen molar-refractivity contribution < 1.29 is 9.59 Å². The van der Waals surface area contributed by atoms with Crippen molar-refractivity contribution in [3.63, 3.8) is 0 Å². The van der Waals surface area contributed by atoms with E-state index in [-0.39, 0.29) is 11.8 Å². The second-order valence-electron chi connectivity index (χ2n) is 2.70. The minimum absolute atomic E-state index is 0.241. The Hall–Kier alpha value is -1.02. The molecule has 2 amide bonds. The first-order valence-electron chi connectivity index (χ1n) is 4.03. The van der Waals surface area contributed by atoms with Gasteiger partial charge in [-0.1, -0.05) is 6.92 Å². The molecule has 1 atom stereocenters. The molecule has 0 spiro atoms. The van der Waals surface area contributed by atoms with Crippen LogP contribution in [0.1, 0.15) is 13.3 Å². The van der Waals surface area contributed by atoms with E-state index in [1.54, 1.807) is 6.92 Å². The summed E-state index contributed by atoms with van der Waals surface area (Å²) in [6.45, 7) is 1.79. The van der Waals surface area contributed by atoms with Crippen LogP contribution in [0.2, 0.25) is 0 Å². The smallest absolute Gasteiger partial charge is 0.240 e. The molecule has 70 valence electrons. The van der Waals surface area contributed by atoms with Gasteiger partial charge < -0.3 is 0 Å². The highest BCUT2D eigenvalue weighted by Crippen LogP contribution is 2.16. The summed E-state index contributed by atoms with van der Waals surface area (Å²) in [7, 11) is 0. The van der Waals surface area contributed by atoms with E-state index >= 15 is 0 Å². The summed E-state index contributed by atoms with van der Waals surface area (Å²) < 4.78 is 0. The first-order valence-corrected chi connectivity index (χ1v) is 5.18. The molecule has 1 fully saturated rings. The van der Waals surface area contributed by atoms with Crippen LogP contribution in [0.3, 0.4) is 0 Å². The summed E-state index contributed by atoms with van der Waals surface area (Å²) in [4.78, 5) is 23.7. The first-order chi connectivity index (χ1) is 6.20. The molecule has 1 aliphatic rings.